The van der Waals surface area contributed by atoms with E-state index in [2.05, 4.69) is 22.1 Å². The predicted molar refractivity (Wildman–Crippen MR) is 126 cm³/mol. The van der Waals surface area contributed by atoms with Crippen LogP contribution in [-0.4, -0.2) is 32.5 Å². The molecule has 1 aliphatic carbocycles. The van der Waals surface area contributed by atoms with Crippen molar-refractivity contribution in [1.29, 1.82) is 0 Å². The summed E-state index contributed by atoms with van der Waals surface area (Å²) in [6, 6.07) is 5.83. The highest BCUT2D eigenvalue weighted by molar-refractivity contribution is 7.99. The second kappa shape index (κ2) is 11.6. The molecule has 0 bridgehead atoms. The maximum atomic E-state index is 12.5. The highest BCUT2D eigenvalue weighted by Gasteiger charge is 2.21. The first-order valence-corrected chi connectivity index (χ1v) is 12.2. The first-order valence-electron chi connectivity index (χ1n) is 10.9. The fourth-order valence-corrected chi connectivity index (χ4v) is 4.81. The predicted octanol–water partition coefficient (Wildman–Crippen LogP) is 5.50. The number of benzene rings is 1. The molecule has 31 heavy (non-hydrogen) atoms. The van der Waals surface area contributed by atoms with Crippen molar-refractivity contribution in [1.82, 2.24) is 20.1 Å². The molecule has 1 heterocycles. The van der Waals surface area contributed by atoms with Gasteiger partial charge < -0.3 is 10.1 Å². The normalized spacial score (nSPS) is 15.8. The van der Waals surface area contributed by atoms with Gasteiger partial charge >= 0.3 is 0 Å². The van der Waals surface area contributed by atoms with Crippen molar-refractivity contribution in [2.45, 2.75) is 76.2 Å². The third-order valence-corrected chi connectivity index (χ3v) is 6.62. The second-order valence-electron chi connectivity index (χ2n) is 7.95. The zero-order valence-electron chi connectivity index (χ0n) is 18.3. The van der Waals surface area contributed by atoms with Crippen molar-refractivity contribution in [2.24, 2.45) is 0 Å². The number of ether oxygens (including phenoxy) is 1. The highest BCUT2D eigenvalue weighted by Crippen LogP contribution is 2.28. The van der Waals surface area contributed by atoms with Crippen LogP contribution in [0.25, 0.3) is 0 Å². The lowest BCUT2D eigenvalue weighted by Crippen LogP contribution is -2.35. The molecule has 168 valence electrons. The number of hydrogen-bond donors (Lipinski definition) is 1. The number of aryl methyl sites for hydroxylation is 1. The van der Waals surface area contributed by atoms with Crippen LogP contribution in [-0.2, 0) is 11.3 Å². The van der Waals surface area contributed by atoms with E-state index in [-0.39, 0.29) is 12.0 Å². The molecular formula is C23H31ClN4O2S. The lowest BCUT2D eigenvalue weighted by molar-refractivity contribution is -0.119. The van der Waals surface area contributed by atoms with Gasteiger partial charge in [-0.2, -0.15) is 0 Å². The second-order valence-corrected chi connectivity index (χ2v) is 9.33. The van der Waals surface area contributed by atoms with E-state index in [1.165, 1.54) is 37.4 Å². The Hall–Kier alpha value is -1.99. The molecule has 1 N–H and O–H groups in total. The number of halogens is 1. The topological polar surface area (TPSA) is 69.0 Å². The van der Waals surface area contributed by atoms with Crippen LogP contribution in [0, 0.1) is 6.92 Å². The lowest BCUT2D eigenvalue weighted by atomic mass is 10.1. The summed E-state index contributed by atoms with van der Waals surface area (Å²) < 4.78 is 8.07. The smallest absolute Gasteiger partial charge is 0.230 e. The average molecular weight is 463 g/mol. The quantitative estimate of drug-likeness (QED) is 0.303. The summed E-state index contributed by atoms with van der Waals surface area (Å²) in [5, 5.41) is 13.2. The summed E-state index contributed by atoms with van der Waals surface area (Å²) >= 11 is 7.44. The van der Waals surface area contributed by atoms with Gasteiger partial charge in [-0.25, -0.2) is 0 Å². The summed E-state index contributed by atoms with van der Waals surface area (Å²) in [4.78, 5) is 12.5. The summed E-state index contributed by atoms with van der Waals surface area (Å²) in [7, 11) is 0. The molecule has 0 spiro atoms. The van der Waals surface area contributed by atoms with Crippen molar-refractivity contribution < 1.29 is 9.53 Å². The van der Waals surface area contributed by atoms with Gasteiger partial charge in [0.1, 0.15) is 5.75 Å². The van der Waals surface area contributed by atoms with Gasteiger partial charge in [-0.05, 0) is 50.5 Å². The number of nitrogens with one attached hydrogen (secondary N) is 1. The van der Waals surface area contributed by atoms with Crippen molar-refractivity contribution >= 4 is 29.3 Å². The standard InChI is InChI=1S/C23H31ClN4O2S/c1-4-13-28-22(17(3)30-20-12-11-18(24)14-16(20)2)26-27-23(28)31-15-21(29)25-19-9-7-5-6-8-10-19/h4,11-12,14,17,19H,1,5-10,13,15H2,2-3H3,(H,25,29). The zero-order valence-corrected chi connectivity index (χ0v) is 19.8. The van der Waals surface area contributed by atoms with Gasteiger partial charge in [0.2, 0.25) is 5.91 Å². The van der Waals surface area contributed by atoms with Crippen LogP contribution in [0.1, 0.15) is 62.9 Å². The Bertz CT molecular complexity index is 894. The van der Waals surface area contributed by atoms with Crippen molar-refractivity contribution in [3.8, 4) is 5.75 Å². The Morgan fingerprint density at radius 3 is 2.77 bits per heavy atom. The first kappa shape index (κ1) is 23.7. The zero-order chi connectivity index (χ0) is 22.2. The van der Waals surface area contributed by atoms with Crippen LogP contribution in [0.5, 0.6) is 5.75 Å². The lowest BCUT2D eigenvalue weighted by Gasteiger charge is -2.17. The number of carbonyl (C=O) groups excluding carboxylic acids is 1. The van der Waals surface area contributed by atoms with E-state index in [1.807, 2.05) is 30.5 Å². The number of thioether (sulfide) groups is 1. The highest BCUT2D eigenvalue weighted by atomic mass is 35.5. The van der Waals surface area contributed by atoms with Gasteiger partial charge in [-0.3, -0.25) is 9.36 Å². The molecule has 1 saturated carbocycles. The van der Waals surface area contributed by atoms with Gasteiger partial charge in [0, 0.05) is 17.6 Å². The number of rotatable bonds is 9. The summed E-state index contributed by atoms with van der Waals surface area (Å²) in [5.41, 5.74) is 0.957. The molecule has 1 aromatic carbocycles. The summed E-state index contributed by atoms with van der Waals surface area (Å²) in [5.74, 6) is 1.81. The molecule has 6 nitrogen and oxygen atoms in total. The van der Waals surface area contributed by atoms with Crippen LogP contribution >= 0.6 is 23.4 Å². The van der Waals surface area contributed by atoms with Gasteiger partial charge in [0.15, 0.2) is 17.1 Å². The molecule has 1 amide bonds. The molecular weight excluding hydrogens is 432 g/mol. The van der Waals surface area contributed by atoms with E-state index < -0.39 is 0 Å². The maximum Gasteiger partial charge on any atom is 0.230 e. The Morgan fingerprint density at radius 1 is 1.35 bits per heavy atom. The SMILES string of the molecule is C=CCn1c(SCC(=O)NC2CCCCCC2)nnc1C(C)Oc1ccc(Cl)cc1C. The monoisotopic (exact) mass is 462 g/mol. The van der Waals surface area contributed by atoms with Crippen LogP contribution < -0.4 is 10.1 Å². The van der Waals surface area contributed by atoms with Gasteiger partial charge in [-0.15, -0.1) is 16.8 Å². The van der Waals surface area contributed by atoms with E-state index in [0.717, 1.165) is 24.2 Å². The van der Waals surface area contributed by atoms with Crippen LogP contribution in [0.4, 0.5) is 0 Å². The molecule has 1 fully saturated rings. The van der Waals surface area contributed by atoms with Crippen LogP contribution in [0.15, 0.2) is 36.0 Å². The summed E-state index contributed by atoms with van der Waals surface area (Å²) in [6.07, 6.45) is 8.55. The van der Waals surface area contributed by atoms with Crippen LogP contribution in [0.3, 0.4) is 0 Å². The minimum Gasteiger partial charge on any atom is -0.482 e. The Morgan fingerprint density at radius 2 is 2.10 bits per heavy atom. The number of allylic oxidation sites excluding steroid dienone is 1. The third kappa shape index (κ3) is 6.74. The molecule has 0 saturated heterocycles. The Balaban J connectivity index is 1.63. The van der Waals surface area contributed by atoms with Crippen molar-refractivity contribution in [2.75, 3.05) is 5.75 Å². The molecule has 0 aliphatic heterocycles. The van der Waals surface area contributed by atoms with Crippen molar-refractivity contribution in [3.05, 3.63) is 47.3 Å². The van der Waals surface area contributed by atoms with E-state index in [1.54, 1.807) is 12.1 Å². The van der Waals surface area contributed by atoms with Crippen molar-refractivity contribution in [3.63, 3.8) is 0 Å². The fraction of sp³-hybridized carbons (Fsp3) is 0.522. The molecule has 1 aromatic heterocycles. The third-order valence-electron chi connectivity index (χ3n) is 5.41. The summed E-state index contributed by atoms with van der Waals surface area (Å²) in [6.45, 7) is 8.28. The maximum absolute atomic E-state index is 12.5. The van der Waals surface area contributed by atoms with Gasteiger partial charge in [0.05, 0.1) is 5.75 Å². The van der Waals surface area contributed by atoms with E-state index in [4.69, 9.17) is 16.3 Å². The van der Waals surface area contributed by atoms with Crippen LogP contribution in [0.2, 0.25) is 5.02 Å². The first-order chi connectivity index (χ1) is 15.0. The molecule has 1 atom stereocenters. The Kier molecular flexibility index (Phi) is 8.84. The molecule has 1 aliphatic rings. The van der Waals surface area contributed by atoms with E-state index in [0.29, 0.717) is 34.3 Å². The van der Waals surface area contributed by atoms with E-state index in [9.17, 15) is 4.79 Å². The number of hydrogen-bond acceptors (Lipinski definition) is 5. The molecule has 3 rings (SSSR count). The number of aromatic nitrogens is 3. The molecule has 1 unspecified atom stereocenters. The average Bonchev–Trinajstić information content (AvgIpc) is 2.95. The largest absolute Gasteiger partial charge is 0.482 e. The van der Waals surface area contributed by atoms with Gasteiger partial charge in [-0.1, -0.05) is 55.1 Å². The fourth-order valence-electron chi connectivity index (χ4n) is 3.82. The number of carbonyl (C=O) groups is 1. The molecule has 0 radical (unpaired) electrons. The van der Waals surface area contributed by atoms with E-state index >= 15 is 0 Å². The minimum atomic E-state index is -0.318. The minimum absolute atomic E-state index is 0.0488. The molecule has 2 aromatic rings. The molecule has 8 heteroatoms. The number of nitrogens with zero attached hydrogens (tertiary/aromatic N) is 3. The Labute approximate surface area is 193 Å². The number of amides is 1. The van der Waals surface area contributed by atoms with Gasteiger partial charge in [0.25, 0.3) is 0 Å².